The Hall–Kier alpha value is -2.52. The van der Waals surface area contributed by atoms with Crippen molar-refractivity contribution in [2.45, 2.75) is 20.4 Å². The van der Waals surface area contributed by atoms with E-state index < -0.39 is 0 Å². The van der Waals surface area contributed by atoms with Gasteiger partial charge in [-0.1, -0.05) is 29.8 Å². The number of carbonyl (C=O) groups is 2. The minimum Gasteiger partial charge on any atom is -0.378 e. The molecule has 36 heavy (non-hydrogen) atoms. The third kappa shape index (κ3) is 4.87. The van der Waals surface area contributed by atoms with Crippen molar-refractivity contribution in [3.8, 4) is 5.69 Å². The van der Waals surface area contributed by atoms with Gasteiger partial charge in [0.2, 0.25) is 0 Å². The van der Waals surface area contributed by atoms with Crippen molar-refractivity contribution in [3.63, 3.8) is 0 Å². The Labute approximate surface area is 228 Å². The topological polar surface area (TPSA) is 54.8 Å². The molecule has 2 amide bonds. The number of rotatable bonds is 5. The first-order valence-corrected chi connectivity index (χ1v) is 13.6. The molecule has 0 bridgehead atoms. The predicted octanol–water partition coefficient (Wildman–Crippen LogP) is 6.58. The van der Waals surface area contributed by atoms with Crippen molar-refractivity contribution in [3.05, 3.63) is 85.4 Å². The Morgan fingerprint density at radius 3 is 2.56 bits per heavy atom. The van der Waals surface area contributed by atoms with E-state index in [4.69, 9.17) is 16.3 Å². The molecule has 3 heterocycles. The second-order valence-corrected chi connectivity index (χ2v) is 11.0. The summed E-state index contributed by atoms with van der Waals surface area (Å²) in [6, 6.07) is 15.6. The molecule has 2 saturated heterocycles. The number of amides is 2. The zero-order valence-corrected chi connectivity index (χ0v) is 23.1. The van der Waals surface area contributed by atoms with Crippen LogP contribution in [0.2, 0.25) is 5.02 Å². The zero-order chi connectivity index (χ0) is 25.4. The van der Waals surface area contributed by atoms with Gasteiger partial charge in [0.1, 0.15) is 0 Å². The molecule has 2 aliphatic rings. The summed E-state index contributed by atoms with van der Waals surface area (Å²) in [5, 5.41) is 0.248. The highest BCUT2D eigenvalue weighted by atomic mass is 79.9. The average molecular weight is 587 g/mol. The first kappa shape index (κ1) is 25.1. The molecule has 0 atom stereocenters. The second-order valence-electron chi connectivity index (χ2n) is 8.76. The molecule has 9 heteroatoms. The number of aryl methyl sites for hydroxylation is 1. The molecule has 1 aromatic heterocycles. The number of thioether (sulfide) groups is 1. The van der Waals surface area contributed by atoms with Crippen LogP contribution in [0.5, 0.6) is 0 Å². The number of hydrogen-bond donors (Lipinski definition) is 0. The Bertz CT molecular complexity index is 1380. The van der Waals surface area contributed by atoms with Crippen LogP contribution in [-0.4, -0.2) is 46.9 Å². The molecule has 0 unspecified atom stereocenters. The lowest BCUT2D eigenvalue weighted by Gasteiger charge is -2.30. The van der Waals surface area contributed by atoms with E-state index in [2.05, 4.69) is 43.6 Å². The average Bonchev–Trinajstić information content (AvgIpc) is 3.29. The lowest BCUT2D eigenvalue weighted by atomic mass is 10.2. The summed E-state index contributed by atoms with van der Waals surface area (Å²) in [6.45, 7) is 7.43. The first-order valence-electron chi connectivity index (χ1n) is 11.6. The van der Waals surface area contributed by atoms with Gasteiger partial charge in [0.15, 0.2) is 0 Å². The third-order valence-corrected chi connectivity index (χ3v) is 8.37. The number of morpholine rings is 1. The number of imide groups is 1. The van der Waals surface area contributed by atoms with Gasteiger partial charge in [-0.2, -0.15) is 0 Å². The molecule has 0 spiro atoms. The number of aromatic nitrogens is 1. The van der Waals surface area contributed by atoms with Gasteiger partial charge in [0.25, 0.3) is 11.1 Å². The smallest absolute Gasteiger partial charge is 0.293 e. The van der Waals surface area contributed by atoms with Crippen LogP contribution in [0.4, 0.5) is 10.5 Å². The van der Waals surface area contributed by atoms with Gasteiger partial charge in [0, 0.05) is 39.7 Å². The highest BCUT2D eigenvalue weighted by Crippen LogP contribution is 2.36. The molecule has 186 valence electrons. The Morgan fingerprint density at radius 2 is 1.83 bits per heavy atom. The molecule has 3 aromatic rings. The van der Waals surface area contributed by atoms with Crippen molar-refractivity contribution in [2.24, 2.45) is 0 Å². The lowest BCUT2D eigenvalue weighted by molar-refractivity contribution is -0.123. The summed E-state index contributed by atoms with van der Waals surface area (Å²) in [4.78, 5) is 29.7. The van der Waals surface area contributed by atoms with Crippen LogP contribution in [0, 0.1) is 13.8 Å². The maximum Gasteiger partial charge on any atom is 0.293 e. The highest BCUT2D eigenvalue weighted by molar-refractivity contribution is 9.10. The van der Waals surface area contributed by atoms with E-state index in [1.165, 1.54) is 4.90 Å². The Balaban J connectivity index is 1.40. The van der Waals surface area contributed by atoms with Gasteiger partial charge >= 0.3 is 0 Å². The van der Waals surface area contributed by atoms with Crippen LogP contribution in [0.15, 0.2) is 57.9 Å². The van der Waals surface area contributed by atoms with Crippen molar-refractivity contribution in [2.75, 3.05) is 31.2 Å². The fourth-order valence-corrected chi connectivity index (χ4v) is 6.24. The van der Waals surface area contributed by atoms with Crippen molar-refractivity contribution in [1.82, 2.24) is 9.47 Å². The van der Waals surface area contributed by atoms with Crippen molar-refractivity contribution in [1.29, 1.82) is 0 Å². The van der Waals surface area contributed by atoms with Gasteiger partial charge in [0.05, 0.1) is 30.4 Å². The molecular weight excluding hydrogens is 562 g/mol. The van der Waals surface area contributed by atoms with E-state index in [0.29, 0.717) is 9.93 Å². The van der Waals surface area contributed by atoms with E-state index in [1.54, 1.807) is 6.07 Å². The summed E-state index contributed by atoms with van der Waals surface area (Å²) >= 11 is 11.0. The normalized spacial score (nSPS) is 17.5. The number of halogens is 2. The molecule has 5 rings (SSSR count). The van der Waals surface area contributed by atoms with Gasteiger partial charge in [-0.05, 0) is 89.1 Å². The zero-order valence-electron chi connectivity index (χ0n) is 20.0. The van der Waals surface area contributed by atoms with Crippen LogP contribution >= 0.6 is 39.3 Å². The van der Waals surface area contributed by atoms with Gasteiger partial charge in [-0.25, -0.2) is 0 Å². The minimum absolute atomic E-state index is 0.157. The molecule has 2 fully saturated rings. The van der Waals surface area contributed by atoms with Crippen LogP contribution in [0.1, 0.15) is 22.5 Å². The van der Waals surface area contributed by atoms with Crippen LogP contribution in [0.3, 0.4) is 0 Å². The summed E-state index contributed by atoms with van der Waals surface area (Å²) < 4.78 is 8.66. The van der Waals surface area contributed by atoms with E-state index in [0.717, 1.165) is 76.4 Å². The largest absolute Gasteiger partial charge is 0.378 e. The standard InChI is InChI=1S/C27H25BrClN3O3S/c1-17-13-20(14-25-26(33)31(27(34)36-25)16-19-5-3-4-6-23(19)29)18(2)32(17)21-7-8-24(22(28)15-21)30-9-11-35-12-10-30/h3-8,13-15H,9-12,16H2,1-2H3/b25-14-. The molecule has 2 aromatic carbocycles. The number of carbonyl (C=O) groups excluding carboxylic acids is 2. The number of ether oxygens (including phenoxy) is 1. The summed E-state index contributed by atoms with van der Waals surface area (Å²) in [6.07, 6.45) is 1.81. The van der Waals surface area contributed by atoms with E-state index in [1.807, 2.05) is 44.2 Å². The molecular formula is C27H25BrClN3O3S. The third-order valence-electron chi connectivity index (χ3n) is 6.46. The van der Waals surface area contributed by atoms with Gasteiger partial charge in [-0.3, -0.25) is 14.5 Å². The number of nitrogens with zero attached hydrogens (tertiary/aromatic N) is 3. The quantitative estimate of drug-likeness (QED) is 0.316. The molecule has 0 N–H and O–H groups in total. The maximum absolute atomic E-state index is 13.1. The first-order chi connectivity index (χ1) is 17.3. The van der Waals surface area contributed by atoms with Gasteiger partial charge in [-0.15, -0.1) is 0 Å². The highest BCUT2D eigenvalue weighted by Gasteiger charge is 2.35. The molecule has 2 aliphatic heterocycles. The predicted molar refractivity (Wildman–Crippen MR) is 149 cm³/mol. The fourth-order valence-electron chi connectivity index (χ4n) is 4.60. The summed E-state index contributed by atoms with van der Waals surface area (Å²) in [5.41, 5.74) is 5.87. The minimum atomic E-state index is -0.299. The van der Waals surface area contributed by atoms with Crippen molar-refractivity contribution >= 4 is 62.2 Å². The SMILES string of the molecule is Cc1cc(/C=C2\SC(=O)N(Cc3ccccc3Cl)C2=O)c(C)n1-c1ccc(N2CCOCC2)c(Br)c1. The molecule has 0 aliphatic carbocycles. The van der Waals surface area contributed by atoms with Gasteiger partial charge < -0.3 is 14.2 Å². The van der Waals surface area contributed by atoms with E-state index in [9.17, 15) is 9.59 Å². The van der Waals surface area contributed by atoms with Crippen LogP contribution < -0.4 is 4.90 Å². The number of anilines is 1. The summed E-state index contributed by atoms with van der Waals surface area (Å²) in [5.74, 6) is -0.299. The van der Waals surface area contributed by atoms with Crippen LogP contribution in [0.25, 0.3) is 11.8 Å². The number of benzene rings is 2. The fraction of sp³-hybridized carbons (Fsp3) is 0.259. The van der Waals surface area contributed by atoms with Crippen LogP contribution in [-0.2, 0) is 16.1 Å². The molecule has 6 nitrogen and oxygen atoms in total. The Kier molecular flexibility index (Phi) is 7.30. The van der Waals surface area contributed by atoms with E-state index in [-0.39, 0.29) is 17.7 Å². The Morgan fingerprint density at radius 1 is 1.08 bits per heavy atom. The lowest BCUT2D eigenvalue weighted by Crippen LogP contribution is -2.36. The monoisotopic (exact) mass is 585 g/mol. The summed E-state index contributed by atoms with van der Waals surface area (Å²) in [7, 11) is 0. The number of hydrogen-bond acceptors (Lipinski definition) is 5. The maximum atomic E-state index is 13.1. The second kappa shape index (κ2) is 10.5. The van der Waals surface area contributed by atoms with Crippen molar-refractivity contribution < 1.29 is 14.3 Å². The molecule has 0 saturated carbocycles. The van der Waals surface area contributed by atoms with E-state index >= 15 is 0 Å². The molecule has 0 radical (unpaired) electrons.